The highest BCUT2D eigenvalue weighted by Gasteiger charge is 2.48. The molecule has 8 heteroatoms. The summed E-state index contributed by atoms with van der Waals surface area (Å²) in [6, 6.07) is 10.2. The number of benzene rings is 1. The van der Waals surface area contributed by atoms with Crippen molar-refractivity contribution in [2.45, 2.75) is 29.7 Å². The first-order valence-electron chi connectivity index (χ1n) is 8.56. The van der Waals surface area contributed by atoms with E-state index in [-0.39, 0.29) is 10.5 Å². The second kappa shape index (κ2) is 7.24. The maximum atomic E-state index is 15.5. The van der Waals surface area contributed by atoms with Gasteiger partial charge in [0, 0.05) is 19.0 Å². The van der Waals surface area contributed by atoms with Gasteiger partial charge in [-0.15, -0.1) is 0 Å². The van der Waals surface area contributed by atoms with E-state index in [9.17, 15) is 12.8 Å². The molecule has 0 radical (unpaired) electrons. The molecule has 0 N–H and O–H groups in total. The van der Waals surface area contributed by atoms with Gasteiger partial charge in [-0.1, -0.05) is 6.07 Å². The predicted molar refractivity (Wildman–Crippen MR) is 97.0 cm³/mol. The molecule has 1 fully saturated rings. The molecule has 1 aliphatic heterocycles. The number of halogens is 2. The Kier molecular flexibility index (Phi) is 5.16. The van der Waals surface area contributed by atoms with Gasteiger partial charge in [-0.25, -0.2) is 17.8 Å². The first-order chi connectivity index (χ1) is 12.8. The van der Waals surface area contributed by atoms with Gasteiger partial charge in [0.1, 0.15) is 0 Å². The van der Waals surface area contributed by atoms with Gasteiger partial charge in [0.2, 0.25) is 20.8 Å². The number of nitriles is 1. The zero-order valence-corrected chi connectivity index (χ0v) is 15.6. The Balaban J connectivity index is 1.77. The minimum atomic E-state index is -4.26. The largest absolute Gasteiger partial charge is 0.370 e. The maximum Gasteiger partial charge on any atom is 0.215 e. The highest BCUT2D eigenvalue weighted by molar-refractivity contribution is 7.92. The van der Waals surface area contributed by atoms with Crippen LogP contribution in [0.2, 0.25) is 0 Å². The Morgan fingerprint density at radius 1 is 1.26 bits per heavy atom. The number of rotatable bonds is 4. The molecule has 3 rings (SSSR count). The average Bonchev–Trinajstić information content (AvgIpc) is 2.68. The van der Waals surface area contributed by atoms with E-state index in [0.717, 1.165) is 12.6 Å². The Bertz CT molecular complexity index is 961. The van der Waals surface area contributed by atoms with Crippen LogP contribution in [0.1, 0.15) is 25.3 Å². The summed E-state index contributed by atoms with van der Waals surface area (Å²) in [5, 5.41) is 6.51. The SMILES string of the molecule is CC(F)(C1CCN(c2ccc(F)nc2)CC1)S(=O)(=O)c1cccc(C#N)c1. The van der Waals surface area contributed by atoms with Gasteiger partial charge in [-0.3, -0.25) is 0 Å². The molecule has 1 aliphatic rings. The van der Waals surface area contributed by atoms with Crippen LogP contribution in [-0.2, 0) is 9.84 Å². The number of alkyl halides is 1. The third kappa shape index (κ3) is 3.65. The highest BCUT2D eigenvalue weighted by Crippen LogP contribution is 2.40. The van der Waals surface area contributed by atoms with E-state index in [4.69, 9.17) is 5.26 Å². The van der Waals surface area contributed by atoms with Crippen LogP contribution in [-0.4, -0.2) is 31.5 Å². The monoisotopic (exact) mass is 391 g/mol. The van der Waals surface area contributed by atoms with Crippen LogP contribution < -0.4 is 4.90 Å². The standard InChI is InChI=1S/C19H19F2N3O2S/c1-19(21,27(25,26)17-4-2-3-14(11-17)12-22)15-7-9-24(10-8-15)16-5-6-18(20)23-13-16/h2-6,11,13,15H,7-10H2,1H3. The molecule has 1 atom stereocenters. The summed E-state index contributed by atoms with van der Waals surface area (Å²) in [5.74, 6) is -1.26. The maximum absolute atomic E-state index is 15.5. The molecule has 0 amide bonds. The van der Waals surface area contributed by atoms with Gasteiger partial charge in [0.25, 0.3) is 0 Å². The lowest BCUT2D eigenvalue weighted by Crippen LogP contribution is -2.45. The summed E-state index contributed by atoms with van der Waals surface area (Å²) in [5.41, 5.74) is 0.894. The zero-order valence-electron chi connectivity index (χ0n) is 14.8. The van der Waals surface area contributed by atoms with Crippen molar-refractivity contribution in [1.29, 1.82) is 5.26 Å². The van der Waals surface area contributed by atoms with E-state index in [1.165, 1.54) is 36.5 Å². The first kappa shape index (κ1) is 19.2. The molecule has 1 aromatic carbocycles. The summed E-state index contributed by atoms with van der Waals surface area (Å²) in [4.78, 5) is 5.36. The van der Waals surface area contributed by atoms with Crippen molar-refractivity contribution in [3.8, 4) is 6.07 Å². The van der Waals surface area contributed by atoms with Crippen molar-refractivity contribution in [3.63, 3.8) is 0 Å². The molecule has 142 valence electrons. The molecule has 5 nitrogen and oxygen atoms in total. The zero-order chi connectivity index (χ0) is 19.7. The van der Waals surface area contributed by atoms with E-state index < -0.39 is 26.7 Å². The molecule has 0 bridgehead atoms. The van der Waals surface area contributed by atoms with Gasteiger partial charge in [0.15, 0.2) is 0 Å². The van der Waals surface area contributed by atoms with Crippen LogP contribution in [0.4, 0.5) is 14.5 Å². The van der Waals surface area contributed by atoms with Crippen molar-refractivity contribution >= 4 is 15.5 Å². The number of piperidine rings is 1. The second-order valence-corrected chi connectivity index (χ2v) is 9.01. The smallest absolute Gasteiger partial charge is 0.215 e. The fourth-order valence-electron chi connectivity index (χ4n) is 3.39. The number of aromatic nitrogens is 1. The van der Waals surface area contributed by atoms with Crippen LogP contribution in [0.15, 0.2) is 47.5 Å². The fraction of sp³-hybridized carbons (Fsp3) is 0.368. The van der Waals surface area contributed by atoms with Gasteiger partial charge in [-0.05, 0) is 50.1 Å². The van der Waals surface area contributed by atoms with Crippen molar-refractivity contribution < 1.29 is 17.2 Å². The molecule has 27 heavy (non-hydrogen) atoms. The molecule has 2 aromatic rings. The minimum Gasteiger partial charge on any atom is -0.370 e. The number of pyridine rings is 1. The number of nitrogens with zero attached hydrogens (tertiary/aromatic N) is 3. The van der Waals surface area contributed by atoms with Crippen molar-refractivity contribution in [2.75, 3.05) is 18.0 Å². The first-order valence-corrected chi connectivity index (χ1v) is 10.0. The Morgan fingerprint density at radius 2 is 1.96 bits per heavy atom. The van der Waals surface area contributed by atoms with Crippen LogP contribution in [0.3, 0.4) is 0 Å². The van der Waals surface area contributed by atoms with Gasteiger partial charge >= 0.3 is 0 Å². The van der Waals surface area contributed by atoms with Crippen LogP contribution in [0.25, 0.3) is 0 Å². The lowest BCUT2D eigenvalue weighted by Gasteiger charge is -2.38. The van der Waals surface area contributed by atoms with Crippen molar-refractivity contribution in [1.82, 2.24) is 4.98 Å². The number of sulfone groups is 1. The normalized spacial score (nSPS) is 17.9. The van der Waals surface area contributed by atoms with Crippen molar-refractivity contribution in [3.05, 3.63) is 54.1 Å². The molecular weight excluding hydrogens is 372 g/mol. The molecular formula is C19H19F2N3O2S. The number of hydrogen-bond acceptors (Lipinski definition) is 5. The van der Waals surface area contributed by atoms with Gasteiger partial charge in [0.05, 0.1) is 28.4 Å². The van der Waals surface area contributed by atoms with E-state index in [1.807, 2.05) is 11.0 Å². The fourth-order valence-corrected chi connectivity index (χ4v) is 5.07. The average molecular weight is 391 g/mol. The second-order valence-electron chi connectivity index (χ2n) is 6.73. The number of hydrogen-bond donors (Lipinski definition) is 0. The molecule has 1 saturated heterocycles. The topological polar surface area (TPSA) is 74.1 Å². The lowest BCUT2D eigenvalue weighted by molar-refractivity contribution is 0.166. The lowest BCUT2D eigenvalue weighted by atomic mass is 9.92. The highest BCUT2D eigenvalue weighted by atomic mass is 32.2. The summed E-state index contributed by atoms with van der Waals surface area (Å²) in [6.07, 6.45) is 2.08. The molecule has 0 saturated carbocycles. The predicted octanol–water partition coefficient (Wildman–Crippen LogP) is 3.47. The Hall–Kier alpha value is -2.53. The van der Waals surface area contributed by atoms with Crippen molar-refractivity contribution in [2.24, 2.45) is 5.92 Å². The summed E-state index contributed by atoms with van der Waals surface area (Å²) in [6.45, 7) is 2.00. The third-order valence-electron chi connectivity index (χ3n) is 5.10. The van der Waals surface area contributed by atoms with Crippen LogP contribution in [0.5, 0.6) is 0 Å². The van der Waals surface area contributed by atoms with E-state index in [1.54, 1.807) is 6.07 Å². The number of anilines is 1. The van der Waals surface area contributed by atoms with Crippen LogP contribution in [0, 0.1) is 23.2 Å². The Morgan fingerprint density at radius 3 is 2.56 bits per heavy atom. The Labute approximate surface area is 157 Å². The quantitative estimate of drug-likeness (QED) is 0.746. The molecule has 0 aliphatic carbocycles. The summed E-state index contributed by atoms with van der Waals surface area (Å²) in [7, 11) is -4.26. The summed E-state index contributed by atoms with van der Waals surface area (Å²) < 4.78 is 54.2. The summed E-state index contributed by atoms with van der Waals surface area (Å²) >= 11 is 0. The van der Waals surface area contributed by atoms with E-state index >= 15 is 4.39 Å². The molecule has 1 aromatic heterocycles. The molecule has 0 spiro atoms. The van der Waals surface area contributed by atoms with E-state index in [2.05, 4.69) is 4.98 Å². The third-order valence-corrected chi connectivity index (χ3v) is 7.36. The molecule has 1 unspecified atom stereocenters. The minimum absolute atomic E-state index is 0.172. The van der Waals surface area contributed by atoms with Gasteiger partial charge < -0.3 is 4.90 Å². The van der Waals surface area contributed by atoms with Gasteiger partial charge in [-0.2, -0.15) is 9.65 Å². The molecule has 2 heterocycles. The van der Waals surface area contributed by atoms with E-state index in [0.29, 0.717) is 25.9 Å². The van der Waals surface area contributed by atoms with Crippen LogP contribution >= 0.6 is 0 Å².